The van der Waals surface area contributed by atoms with E-state index in [1.54, 1.807) is 22.3 Å². The van der Waals surface area contributed by atoms with Crippen molar-refractivity contribution in [2.45, 2.75) is 84.5 Å². The molecule has 3 aliphatic carbocycles. The minimum atomic E-state index is 0.137. The van der Waals surface area contributed by atoms with Crippen LogP contribution in [-0.2, 0) is 42.9 Å². The molecule has 7 rings (SSSR count). The monoisotopic (exact) mass is 458 g/mol. The first kappa shape index (κ1) is 22.6. The Hall–Kier alpha value is -2.86. The van der Waals surface area contributed by atoms with Gasteiger partial charge in [-0.2, -0.15) is 0 Å². The van der Waals surface area contributed by atoms with Crippen LogP contribution in [0.15, 0.2) is 60.7 Å². The molecule has 0 atom stereocenters. The second-order valence-electron chi connectivity index (χ2n) is 13.0. The molecule has 0 radical (unpaired) electrons. The van der Waals surface area contributed by atoms with E-state index in [4.69, 9.17) is 0 Å². The smallest absolute Gasteiger partial charge is 0.000797 e. The maximum absolute atomic E-state index is 2.53. The number of hydrogen-bond donors (Lipinski definition) is 0. The Bertz CT molecular complexity index is 1350. The predicted octanol–water partition coefficient (Wildman–Crippen LogP) is 8.89. The van der Waals surface area contributed by atoms with Gasteiger partial charge < -0.3 is 0 Å². The molecule has 3 aliphatic rings. The summed E-state index contributed by atoms with van der Waals surface area (Å²) in [5.41, 5.74) is 15.4. The second kappa shape index (κ2) is 7.82. The van der Waals surface area contributed by atoms with Crippen molar-refractivity contribution in [2.75, 3.05) is 0 Å². The molecular formula is C35H38. The van der Waals surface area contributed by atoms with Gasteiger partial charge in [0.2, 0.25) is 0 Å². The van der Waals surface area contributed by atoms with Crippen LogP contribution in [0.5, 0.6) is 0 Å². The Balaban J connectivity index is 1.61. The fourth-order valence-electron chi connectivity index (χ4n) is 6.06. The van der Waals surface area contributed by atoms with E-state index in [9.17, 15) is 0 Å². The Morgan fingerprint density at radius 2 is 0.914 bits per heavy atom. The zero-order valence-corrected chi connectivity index (χ0v) is 22.3. The van der Waals surface area contributed by atoms with Crippen molar-refractivity contribution < 1.29 is 0 Å². The highest BCUT2D eigenvalue weighted by Crippen LogP contribution is 2.45. The van der Waals surface area contributed by atoms with E-state index in [0.29, 0.717) is 0 Å². The van der Waals surface area contributed by atoms with Crippen molar-refractivity contribution in [3.63, 3.8) is 0 Å². The van der Waals surface area contributed by atoms with Crippen molar-refractivity contribution in [1.82, 2.24) is 0 Å². The maximum atomic E-state index is 2.53. The molecule has 4 aromatic carbocycles. The van der Waals surface area contributed by atoms with E-state index in [1.807, 2.05) is 0 Å². The first-order chi connectivity index (χ1) is 16.6. The number of benzene rings is 4. The molecule has 0 aliphatic heterocycles. The Morgan fingerprint density at radius 3 is 1.31 bits per heavy atom. The molecule has 0 saturated heterocycles. The summed E-state index contributed by atoms with van der Waals surface area (Å²) in [6.07, 6.45) is 5.47. The molecule has 6 bridgehead atoms. The molecule has 0 aromatic heterocycles. The lowest BCUT2D eigenvalue weighted by Crippen LogP contribution is -2.13. The van der Waals surface area contributed by atoms with Gasteiger partial charge in [0.25, 0.3) is 0 Å². The summed E-state index contributed by atoms with van der Waals surface area (Å²) in [6, 6.07) is 24.3. The highest BCUT2D eigenvalue weighted by atomic mass is 14.3. The lowest BCUT2D eigenvalue weighted by atomic mass is 9.81. The molecule has 0 heteroatoms. The fourth-order valence-corrected chi connectivity index (χ4v) is 6.06. The van der Waals surface area contributed by atoms with Crippen LogP contribution < -0.4 is 0 Å². The van der Waals surface area contributed by atoms with E-state index in [0.717, 1.165) is 32.1 Å². The van der Waals surface area contributed by atoms with Gasteiger partial charge in [-0.3, -0.25) is 0 Å². The molecule has 0 saturated carbocycles. The molecule has 0 unspecified atom stereocenters. The van der Waals surface area contributed by atoms with Gasteiger partial charge in [-0.1, -0.05) is 102 Å². The number of fused-ring (bicyclic) bond motifs is 5. The largest absolute Gasteiger partial charge is 0.0584 e. The third-order valence-corrected chi connectivity index (χ3v) is 8.40. The van der Waals surface area contributed by atoms with Gasteiger partial charge in [0.1, 0.15) is 0 Å². The quantitative estimate of drug-likeness (QED) is 0.217. The van der Waals surface area contributed by atoms with Crippen molar-refractivity contribution in [2.24, 2.45) is 0 Å². The maximum Gasteiger partial charge on any atom is -0.000797 e. The Morgan fingerprint density at radius 1 is 0.486 bits per heavy atom. The molecule has 0 N–H and O–H groups in total. The summed E-state index contributed by atoms with van der Waals surface area (Å²) in [6.45, 7) is 14.1. The molecule has 178 valence electrons. The normalized spacial score (nSPS) is 15.1. The molecule has 0 heterocycles. The molecule has 4 aromatic rings. The SMILES string of the molecule is CC(C)(C)c1cc2c3c(c1)-c1cc(C(C)(C)C)cc(c1C3)CCc1ccc3cc(ccc3c1)CC2. The van der Waals surface area contributed by atoms with Crippen molar-refractivity contribution >= 4 is 10.8 Å². The number of aryl methyl sites for hydroxylation is 4. The number of rotatable bonds is 0. The zero-order valence-electron chi connectivity index (χ0n) is 22.3. The highest BCUT2D eigenvalue weighted by molar-refractivity contribution is 5.84. The molecular weight excluding hydrogens is 420 g/mol. The van der Waals surface area contributed by atoms with Gasteiger partial charge in [0.05, 0.1) is 0 Å². The fraction of sp³-hybridized carbons (Fsp3) is 0.371. The van der Waals surface area contributed by atoms with Gasteiger partial charge in [0.15, 0.2) is 0 Å². The minimum absolute atomic E-state index is 0.137. The van der Waals surface area contributed by atoms with Crippen molar-refractivity contribution in [3.8, 4) is 11.1 Å². The summed E-state index contributed by atoms with van der Waals surface area (Å²) >= 11 is 0. The average molecular weight is 459 g/mol. The summed E-state index contributed by atoms with van der Waals surface area (Å²) in [5.74, 6) is 0. The van der Waals surface area contributed by atoms with Crippen LogP contribution in [0.3, 0.4) is 0 Å². The van der Waals surface area contributed by atoms with E-state index < -0.39 is 0 Å². The van der Waals surface area contributed by atoms with Crippen molar-refractivity contribution in [3.05, 3.63) is 105 Å². The molecule has 0 fully saturated rings. The Labute approximate surface area is 211 Å². The van der Waals surface area contributed by atoms with Crippen LogP contribution in [-0.4, -0.2) is 0 Å². The average Bonchev–Trinajstić information content (AvgIpc) is 3.18. The lowest BCUT2D eigenvalue weighted by molar-refractivity contribution is 0.588. The minimum Gasteiger partial charge on any atom is -0.0584 e. The van der Waals surface area contributed by atoms with Crippen molar-refractivity contribution in [1.29, 1.82) is 0 Å². The van der Waals surface area contributed by atoms with Gasteiger partial charge >= 0.3 is 0 Å². The summed E-state index contributed by atoms with van der Waals surface area (Å²) in [7, 11) is 0. The van der Waals surface area contributed by atoms with Crippen LogP contribution in [0.2, 0.25) is 0 Å². The van der Waals surface area contributed by atoms with Gasteiger partial charge in [0, 0.05) is 0 Å². The molecule has 0 spiro atoms. The zero-order chi connectivity index (χ0) is 24.5. The molecule has 0 nitrogen and oxygen atoms in total. The van der Waals surface area contributed by atoms with Gasteiger partial charge in [-0.25, -0.2) is 0 Å². The van der Waals surface area contributed by atoms with Crippen LogP contribution in [0, 0.1) is 0 Å². The van der Waals surface area contributed by atoms with E-state index in [2.05, 4.69) is 102 Å². The summed E-state index contributed by atoms with van der Waals surface area (Å²) in [5, 5.41) is 2.74. The van der Waals surface area contributed by atoms with Crippen LogP contribution >= 0.6 is 0 Å². The van der Waals surface area contributed by atoms with Crippen LogP contribution in [0.1, 0.15) is 86.1 Å². The van der Waals surface area contributed by atoms with Gasteiger partial charge in [-0.05, 0) is 109 Å². The first-order valence-corrected chi connectivity index (χ1v) is 13.4. The molecule has 35 heavy (non-hydrogen) atoms. The lowest BCUT2D eigenvalue weighted by Gasteiger charge is -2.24. The third-order valence-electron chi connectivity index (χ3n) is 8.40. The van der Waals surface area contributed by atoms with Crippen LogP contribution in [0.4, 0.5) is 0 Å². The number of hydrogen-bond acceptors (Lipinski definition) is 0. The van der Waals surface area contributed by atoms with E-state index >= 15 is 0 Å². The topological polar surface area (TPSA) is 0 Å². The second-order valence-corrected chi connectivity index (χ2v) is 13.0. The molecule has 0 amide bonds. The Kier molecular flexibility index (Phi) is 5.05. The first-order valence-electron chi connectivity index (χ1n) is 13.4. The predicted molar refractivity (Wildman–Crippen MR) is 151 cm³/mol. The summed E-state index contributed by atoms with van der Waals surface area (Å²) in [4.78, 5) is 0. The van der Waals surface area contributed by atoms with Crippen LogP contribution in [0.25, 0.3) is 21.9 Å². The summed E-state index contributed by atoms with van der Waals surface area (Å²) < 4.78 is 0. The van der Waals surface area contributed by atoms with E-state index in [-0.39, 0.29) is 10.8 Å². The standard InChI is InChI=1S/C35H38/c1-34(2,3)28-17-26-13-9-22-7-11-25-16-23(8-12-24(25)15-22)10-14-27-18-29(35(4,5)6)20-33-31(27)21-30(26)32(33)19-28/h7-8,11-12,15-20H,9-10,13-14,21H2,1-6H3. The van der Waals surface area contributed by atoms with Gasteiger partial charge in [-0.15, -0.1) is 0 Å². The highest BCUT2D eigenvalue weighted by Gasteiger charge is 2.29. The third kappa shape index (κ3) is 4.02. The van der Waals surface area contributed by atoms with E-state index in [1.165, 1.54) is 44.2 Å².